The molecule has 21 heavy (non-hydrogen) atoms. The molecule has 1 fully saturated rings. The summed E-state index contributed by atoms with van der Waals surface area (Å²) in [6.45, 7) is 1.65. The molecule has 3 rings (SSSR count). The first-order valence-corrected chi connectivity index (χ1v) is 6.94. The summed E-state index contributed by atoms with van der Waals surface area (Å²) < 4.78 is 16.6. The maximum atomic E-state index is 9.34. The van der Waals surface area contributed by atoms with Crippen LogP contribution in [-0.4, -0.2) is 31.5 Å². The summed E-state index contributed by atoms with van der Waals surface area (Å²) in [5, 5.41) is 9.34. The van der Waals surface area contributed by atoms with Crippen molar-refractivity contribution >= 4 is 0 Å². The highest BCUT2D eigenvalue weighted by Crippen LogP contribution is 2.29. The zero-order valence-electron chi connectivity index (χ0n) is 11.7. The summed E-state index contributed by atoms with van der Waals surface area (Å²) >= 11 is 0. The van der Waals surface area contributed by atoms with Crippen LogP contribution < -0.4 is 9.47 Å². The summed E-state index contributed by atoms with van der Waals surface area (Å²) in [6, 6.07) is 17.1. The highest BCUT2D eigenvalue weighted by atomic mass is 16.5. The first-order chi connectivity index (χ1) is 10.3. The molecule has 0 spiro atoms. The van der Waals surface area contributed by atoms with Gasteiger partial charge in [0.1, 0.15) is 23.9 Å². The second kappa shape index (κ2) is 6.16. The summed E-state index contributed by atoms with van der Waals surface area (Å²) in [6.07, 6.45) is 0. The van der Waals surface area contributed by atoms with Gasteiger partial charge in [-0.25, -0.2) is 0 Å². The van der Waals surface area contributed by atoms with Gasteiger partial charge in [-0.15, -0.1) is 0 Å². The molecule has 1 heterocycles. The van der Waals surface area contributed by atoms with E-state index in [2.05, 4.69) is 0 Å². The van der Waals surface area contributed by atoms with Gasteiger partial charge in [0.25, 0.3) is 0 Å². The minimum atomic E-state index is -0.237. The molecule has 0 amide bonds. The Bertz CT molecular complexity index is 556. The van der Waals surface area contributed by atoms with E-state index in [9.17, 15) is 5.11 Å². The van der Waals surface area contributed by atoms with Crippen LogP contribution in [0.5, 0.6) is 17.2 Å². The number of ether oxygens (including phenoxy) is 3. The number of aliphatic hydroxyl groups excluding tert-OH is 1. The number of aliphatic hydroxyl groups is 1. The molecule has 0 radical (unpaired) electrons. The van der Waals surface area contributed by atoms with E-state index >= 15 is 0 Å². The van der Waals surface area contributed by atoms with Crippen LogP contribution >= 0.6 is 0 Å². The van der Waals surface area contributed by atoms with Crippen molar-refractivity contribution in [2.45, 2.75) is 0 Å². The second-order valence-electron chi connectivity index (χ2n) is 5.33. The summed E-state index contributed by atoms with van der Waals surface area (Å²) in [7, 11) is 0. The van der Waals surface area contributed by atoms with Gasteiger partial charge in [-0.2, -0.15) is 0 Å². The maximum Gasteiger partial charge on any atom is 0.127 e. The van der Waals surface area contributed by atoms with Crippen molar-refractivity contribution in [3.05, 3.63) is 54.6 Å². The largest absolute Gasteiger partial charge is 0.493 e. The van der Waals surface area contributed by atoms with Gasteiger partial charge in [-0.1, -0.05) is 18.2 Å². The van der Waals surface area contributed by atoms with Crippen molar-refractivity contribution in [2.75, 3.05) is 26.4 Å². The van der Waals surface area contributed by atoms with Gasteiger partial charge < -0.3 is 19.3 Å². The maximum absolute atomic E-state index is 9.34. The SMILES string of the molecule is OCC1(COc2ccc(Oc3ccccc3)cc2)COC1. The lowest BCUT2D eigenvalue weighted by Gasteiger charge is -2.39. The Morgan fingerprint density at radius 1 is 0.905 bits per heavy atom. The molecule has 0 atom stereocenters. The molecule has 0 bridgehead atoms. The van der Waals surface area contributed by atoms with E-state index in [1.54, 1.807) is 0 Å². The molecular formula is C17H18O4. The van der Waals surface area contributed by atoms with Crippen LogP contribution in [0.1, 0.15) is 0 Å². The number of hydrogen-bond donors (Lipinski definition) is 1. The summed E-state index contributed by atoms with van der Waals surface area (Å²) in [5.41, 5.74) is -0.237. The Labute approximate surface area is 123 Å². The van der Waals surface area contributed by atoms with Crippen LogP contribution in [0, 0.1) is 5.41 Å². The lowest BCUT2D eigenvalue weighted by molar-refractivity contribution is -0.153. The van der Waals surface area contributed by atoms with Crippen molar-refractivity contribution < 1.29 is 19.3 Å². The lowest BCUT2D eigenvalue weighted by atomic mass is 9.88. The minimum Gasteiger partial charge on any atom is -0.493 e. The fraction of sp³-hybridized carbons (Fsp3) is 0.294. The van der Waals surface area contributed by atoms with Gasteiger partial charge in [0, 0.05) is 0 Å². The third-order valence-corrected chi connectivity index (χ3v) is 3.50. The number of hydrogen-bond acceptors (Lipinski definition) is 4. The quantitative estimate of drug-likeness (QED) is 0.887. The van der Waals surface area contributed by atoms with Crippen molar-refractivity contribution in [3.8, 4) is 17.2 Å². The Kier molecular flexibility index (Phi) is 4.08. The molecule has 110 valence electrons. The molecule has 0 unspecified atom stereocenters. The lowest BCUT2D eigenvalue weighted by Crippen LogP contribution is -2.49. The molecule has 1 aliphatic rings. The zero-order valence-corrected chi connectivity index (χ0v) is 11.7. The highest BCUT2D eigenvalue weighted by Gasteiger charge is 2.39. The Morgan fingerprint density at radius 3 is 2.10 bits per heavy atom. The van der Waals surface area contributed by atoms with Gasteiger partial charge >= 0.3 is 0 Å². The second-order valence-corrected chi connectivity index (χ2v) is 5.33. The van der Waals surface area contributed by atoms with Gasteiger partial charge in [-0.05, 0) is 36.4 Å². The molecule has 0 saturated carbocycles. The van der Waals surface area contributed by atoms with Crippen LogP contribution in [0.2, 0.25) is 0 Å². The normalized spacial score (nSPS) is 16.0. The monoisotopic (exact) mass is 286 g/mol. The Balaban J connectivity index is 1.57. The van der Waals surface area contributed by atoms with Crippen molar-refractivity contribution in [1.29, 1.82) is 0 Å². The average molecular weight is 286 g/mol. The number of para-hydroxylation sites is 1. The fourth-order valence-electron chi connectivity index (χ4n) is 2.08. The first kappa shape index (κ1) is 13.9. The van der Waals surface area contributed by atoms with Crippen LogP contribution in [0.3, 0.4) is 0 Å². The van der Waals surface area contributed by atoms with Crippen molar-refractivity contribution in [2.24, 2.45) is 5.41 Å². The third-order valence-electron chi connectivity index (χ3n) is 3.50. The van der Waals surface area contributed by atoms with E-state index in [1.807, 2.05) is 54.6 Å². The topological polar surface area (TPSA) is 47.9 Å². The fourth-order valence-corrected chi connectivity index (χ4v) is 2.08. The molecule has 0 aliphatic carbocycles. The van der Waals surface area contributed by atoms with Gasteiger partial charge in [0.2, 0.25) is 0 Å². The molecular weight excluding hydrogens is 268 g/mol. The van der Waals surface area contributed by atoms with Crippen LogP contribution in [0.15, 0.2) is 54.6 Å². The Morgan fingerprint density at radius 2 is 1.52 bits per heavy atom. The van der Waals surface area contributed by atoms with E-state index in [0.29, 0.717) is 19.8 Å². The van der Waals surface area contributed by atoms with Crippen LogP contribution in [0.25, 0.3) is 0 Å². The van der Waals surface area contributed by atoms with E-state index in [4.69, 9.17) is 14.2 Å². The number of rotatable bonds is 6. The summed E-state index contributed by atoms with van der Waals surface area (Å²) in [5.74, 6) is 2.32. The van der Waals surface area contributed by atoms with Crippen molar-refractivity contribution in [3.63, 3.8) is 0 Å². The molecule has 2 aromatic carbocycles. The van der Waals surface area contributed by atoms with E-state index in [1.165, 1.54) is 0 Å². The van der Waals surface area contributed by atoms with Crippen LogP contribution in [-0.2, 0) is 4.74 Å². The predicted octanol–water partition coefficient (Wildman–Crippen LogP) is 2.87. The van der Waals surface area contributed by atoms with E-state index in [-0.39, 0.29) is 12.0 Å². The van der Waals surface area contributed by atoms with E-state index in [0.717, 1.165) is 17.2 Å². The smallest absolute Gasteiger partial charge is 0.127 e. The molecule has 1 saturated heterocycles. The molecule has 1 N–H and O–H groups in total. The highest BCUT2D eigenvalue weighted by molar-refractivity contribution is 5.35. The predicted molar refractivity (Wildman–Crippen MR) is 78.8 cm³/mol. The first-order valence-electron chi connectivity index (χ1n) is 6.94. The molecule has 0 aromatic heterocycles. The van der Waals surface area contributed by atoms with Gasteiger partial charge in [-0.3, -0.25) is 0 Å². The van der Waals surface area contributed by atoms with Gasteiger partial charge in [0.05, 0.1) is 25.2 Å². The summed E-state index contributed by atoms with van der Waals surface area (Å²) in [4.78, 5) is 0. The van der Waals surface area contributed by atoms with E-state index < -0.39 is 0 Å². The minimum absolute atomic E-state index is 0.0855. The Hall–Kier alpha value is -2.04. The number of benzene rings is 2. The molecule has 4 nitrogen and oxygen atoms in total. The standard InChI is InChI=1S/C17H18O4/c18-10-17(11-19-12-17)13-20-14-6-8-16(9-7-14)21-15-4-2-1-3-5-15/h1-9,18H,10-13H2. The zero-order chi connectivity index (χ0) is 14.5. The van der Waals surface area contributed by atoms with Crippen molar-refractivity contribution in [1.82, 2.24) is 0 Å². The van der Waals surface area contributed by atoms with Gasteiger partial charge in [0.15, 0.2) is 0 Å². The molecule has 4 heteroatoms. The van der Waals surface area contributed by atoms with Crippen LogP contribution in [0.4, 0.5) is 0 Å². The molecule has 1 aliphatic heterocycles. The molecule has 2 aromatic rings. The average Bonchev–Trinajstić information content (AvgIpc) is 2.49. The third kappa shape index (κ3) is 3.35.